The summed E-state index contributed by atoms with van der Waals surface area (Å²) in [6, 6.07) is 0. The maximum absolute atomic E-state index is 9.94. The van der Waals surface area contributed by atoms with E-state index in [-0.39, 0.29) is 0 Å². The molecule has 0 saturated carbocycles. The summed E-state index contributed by atoms with van der Waals surface area (Å²) in [5.41, 5.74) is 4.58. The summed E-state index contributed by atoms with van der Waals surface area (Å²) < 4.78 is 3.99. The lowest BCUT2D eigenvalue weighted by atomic mass is 10.7. The van der Waals surface area contributed by atoms with Gasteiger partial charge in [-0.25, -0.2) is 4.79 Å². The van der Waals surface area contributed by atoms with Crippen molar-refractivity contribution < 1.29 is 19.2 Å². The molecule has 0 radical (unpaired) electrons. The molecule has 0 aliphatic carbocycles. The molecule has 9 heavy (non-hydrogen) atoms. The fourth-order valence-corrected chi connectivity index (χ4v) is 0.164. The Morgan fingerprint density at radius 1 is 1.44 bits per heavy atom. The molecule has 0 heterocycles. The van der Waals surface area contributed by atoms with E-state index in [9.17, 15) is 9.59 Å². The third kappa shape index (κ3) is 4.56. The van der Waals surface area contributed by atoms with Gasteiger partial charge in [0.1, 0.15) is 0 Å². The van der Waals surface area contributed by atoms with E-state index >= 15 is 0 Å². The number of hydrogen-bond donors (Lipinski definition) is 2. The molecule has 0 saturated heterocycles. The first-order valence-corrected chi connectivity index (χ1v) is 1.98. The molecule has 0 aromatic heterocycles. The minimum absolute atomic E-state index is 0.518. The minimum atomic E-state index is -1.13. The molecule has 0 atom stereocenters. The molecule has 4 N–H and O–H groups in total. The molecular formula is C3H6N2O4. The normalized spacial score (nSPS) is 8.11. The van der Waals surface area contributed by atoms with Gasteiger partial charge in [-0.2, -0.15) is 5.90 Å². The molecule has 0 aromatic rings. The Morgan fingerprint density at radius 3 is 2.33 bits per heavy atom. The lowest BCUT2D eigenvalue weighted by Crippen LogP contribution is -2.22. The highest BCUT2D eigenvalue weighted by Crippen LogP contribution is 1.76. The zero-order valence-electron chi connectivity index (χ0n) is 4.49. The molecule has 6 heteroatoms. The molecule has 0 spiro atoms. The van der Waals surface area contributed by atoms with E-state index in [0.29, 0.717) is 0 Å². The summed E-state index contributed by atoms with van der Waals surface area (Å²) >= 11 is 0. The minimum Gasteiger partial charge on any atom is -0.423 e. The Bertz CT molecular complexity index is 123. The Kier molecular flexibility index (Phi) is 3.14. The lowest BCUT2D eigenvalue weighted by molar-refractivity contribution is -0.121. The second kappa shape index (κ2) is 3.67. The summed E-state index contributed by atoms with van der Waals surface area (Å²) in [4.78, 5) is 23.3. The van der Waals surface area contributed by atoms with Gasteiger partial charge in [-0.15, -0.1) is 0 Å². The van der Waals surface area contributed by atoms with E-state index in [4.69, 9.17) is 0 Å². The fourth-order valence-electron chi connectivity index (χ4n) is 0.164. The van der Waals surface area contributed by atoms with Gasteiger partial charge in [0.15, 0.2) is 6.61 Å². The van der Waals surface area contributed by atoms with Crippen LogP contribution in [0.4, 0.5) is 4.79 Å². The highest BCUT2D eigenvalue weighted by atomic mass is 16.8. The van der Waals surface area contributed by atoms with Gasteiger partial charge >= 0.3 is 6.16 Å². The van der Waals surface area contributed by atoms with E-state index in [0.717, 1.165) is 0 Å². The Balaban J connectivity index is 3.28. The van der Waals surface area contributed by atoms with Crippen LogP contribution in [0.15, 0.2) is 0 Å². The Hall–Kier alpha value is -1.30. The van der Waals surface area contributed by atoms with Crippen LogP contribution in [-0.4, -0.2) is 18.7 Å². The van der Waals surface area contributed by atoms with Gasteiger partial charge in [0, 0.05) is 0 Å². The summed E-state index contributed by atoms with van der Waals surface area (Å²) in [6.45, 7) is -0.518. The van der Waals surface area contributed by atoms with Crippen molar-refractivity contribution in [3.05, 3.63) is 0 Å². The molecule has 0 bridgehead atoms. The van der Waals surface area contributed by atoms with Gasteiger partial charge in [-0.3, -0.25) is 4.79 Å². The second-order valence-electron chi connectivity index (χ2n) is 1.12. The largest absolute Gasteiger partial charge is 0.528 e. The molecule has 0 rings (SSSR count). The van der Waals surface area contributed by atoms with Gasteiger partial charge in [-0.05, 0) is 0 Å². The van der Waals surface area contributed by atoms with E-state index in [1.165, 1.54) is 0 Å². The van der Waals surface area contributed by atoms with Crippen molar-refractivity contribution in [3.8, 4) is 0 Å². The number of nitrogens with two attached hydrogens (primary N) is 2. The van der Waals surface area contributed by atoms with Crippen LogP contribution in [0.5, 0.6) is 0 Å². The summed E-state index contributed by atoms with van der Waals surface area (Å²) in [5.74, 6) is 3.57. The molecule has 0 aliphatic heterocycles. The number of rotatable bonds is 2. The zero-order chi connectivity index (χ0) is 7.28. The van der Waals surface area contributed by atoms with E-state index in [1.807, 2.05) is 0 Å². The summed E-state index contributed by atoms with van der Waals surface area (Å²) in [7, 11) is 0. The van der Waals surface area contributed by atoms with Crippen molar-refractivity contribution in [2.75, 3.05) is 6.61 Å². The van der Waals surface area contributed by atoms with Crippen molar-refractivity contribution in [3.63, 3.8) is 0 Å². The average molecular weight is 134 g/mol. The van der Waals surface area contributed by atoms with E-state index < -0.39 is 18.7 Å². The quantitative estimate of drug-likeness (QED) is 0.353. The van der Waals surface area contributed by atoms with Crippen LogP contribution >= 0.6 is 0 Å². The van der Waals surface area contributed by atoms with Crippen LogP contribution in [0.3, 0.4) is 0 Å². The highest BCUT2D eigenvalue weighted by molar-refractivity contribution is 5.77. The van der Waals surface area contributed by atoms with Crippen molar-refractivity contribution in [1.29, 1.82) is 0 Å². The van der Waals surface area contributed by atoms with Crippen LogP contribution in [0.1, 0.15) is 0 Å². The molecule has 6 nitrogen and oxygen atoms in total. The lowest BCUT2D eigenvalue weighted by Gasteiger charge is -1.96. The van der Waals surface area contributed by atoms with Gasteiger partial charge in [0.05, 0.1) is 0 Å². The van der Waals surface area contributed by atoms with Crippen molar-refractivity contribution in [1.82, 2.24) is 0 Å². The first-order chi connectivity index (χ1) is 4.16. The second-order valence-corrected chi connectivity index (χ2v) is 1.12. The number of hydrogen-bond acceptors (Lipinski definition) is 5. The molecule has 1 amide bonds. The predicted octanol–water partition coefficient (Wildman–Crippen LogP) is -1.50. The number of carbonyl (C=O) groups excluding carboxylic acids is 2. The zero-order valence-corrected chi connectivity index (χ0v) is 4.49. The summed E-state index contributed by atoms with van der Waals surface area (Å²) in [6.07, 6.45) is -1.13. The van der Waals surface area contributed by atoms with Crippen LogP contribution in [0, 0.1) is 0 Å². The first kappa shape index (κ1) is 7.70. The van der Waals surface area contributed by atoms with E-state index in [2.05, 4.69) is 21.2 Å². The van der Waals surface area contributed by atoms with Crippen LogP contribution < -0.4 is 11.6 Å². The standard InChI is InChI=1S/C3H6N2O4/c4-2(6)1-8-3(7)9-5/h1,5H2,(H2,4,6). The van der Waals surface area contributed by atoms with Crippen LogP contribution in [-0.2, 0) is 14.4 Å². The topological polar surface area (TPSA) is 105 Å². The van der Waals surface area contributed by atoms with Crippen LogP contribution in [0.25, 0.3) is 0 Å². The molecule has 0 aromatic carbocycles. The van der Waals surface area contributed by atoms with Gasteiger partial charge < -0.3 is 15.3 Å². The molecule has 52 valence electrons. The molecule has 0 unspecified atom stereocenters. The van der Waals surface area contributed by atoms with Crippen molar-refractivity contribution in [2.24, 2.45) is 11.6 Å². The molecule has 0 aliphatic rings. The molecular weight excluding hydrogens is 128 g/mol. The summed E-state index contributed by atoms with van der Waals surface area (Å²) in [5, 5.41) is 0. The number of amides is 1. The number of ether oxygens (including phenoxy) is 1. The predicted molar refractivity (Wildman–Crippen MR) is 25.8 cm³/mol. The van der Waals surface area contributed by atoms with Crippen molar-refractivity contribution in [2.45, 2.75) is 0 Å². The van der Waals surface area contributed by atoms with Crippen molar-refractivity contribution >= 4 is 12.1 Å². The average Bonchev–Trinajstić information content (AvgIpc) is 1.83. The maximum Gasteiger partial charge on any atom is 0.528 e. The SMILES string of the molecule is NOC(=O)OCC(N)=O. The van der Waals surface area contributed by atoms with Gasteiger partial charge in [-0.1, -0.05) is 0 Å². The van der Waals surface area contributed by atoms with Gasteiger partial charge in [0.25, 0.3) is 5.91 Å². The number of carbonyl (C=O) groups is 2. The maximum atomic E-state index is 9.94. The third-order valence-electron chi connectivity index (χ3n) is 0.429. The highest BCUT2D eigenvalue weighted by Gasteiger charge is 2.02. The Morgan fingerprint density at radius 2 is 2.00 bits per heavy atom. The van der Waals surface area contributed by atoms with Crippen LogP contribution in [0.2, 0.25) is 0 Å². The smallest absolute Gasteiger partial charge is 0.423 e. The van der Waals surface area contributed by atoms with E-state index in [1.54, 1.807) is 0 Å². The Labute approximate surface area is 50.7 Å². The first-order valence-electron chi connectivity index (χ1n) is 1.98. The molecule has 0 fully saturated rings. The monoisotopic (exact) mass is 134 g/mol. The van der Waals surface area contributed by atoms with Gasteiger partial charge in [0.2, 0.25) is 0 Å². The fraction of sp³-hybridized carbons (Fsp3) is 0.333. The number of primary amides is 1. The third-order valence-corrected chi connectivity index (χ3v) is 0.429.